The molecule has 2 saturated heterocycles. The Bertz CT molecular complexity index is 251. The van der Waals surface area contributed by atoms with Gasteiger partial charge in [-0.25, -0.2) is 0 Å². The van der Waals surface area contributed by atoms with Gasteiger partial charge in [-0.15, -0.1) is 0 Å². The van der Waals surface area contributed by atoms with Crippen LogP contribution in [-0.2, 0) is 4.79 Å². The third-order valence-corrected chi connectivity index (χ3v) is 3.89. The Balaban J connectivity index is 1.82. The third-order valence-electron chi connectivity index (χ3n) is 3.89. The van der Waals surface area contributed by atoms with Gasteiger partial charge in [0, 0.05) is 19.6 Å². The topological polar surface area (TPSA) is 35.6 Å². The van der Waals surface area contributed by atoms with E-state index in [1.54, 1.807) is 0 Å². The molecule has 2 fully saturated rings. The highest BCUT2D eigenvalue weighted by atomic mass is 16.2. The lowest BCUT2D eigenvalue weighted by molar-refractivity contribution is -0.132. The average molecular weight is 225 g/mol. The highest BCUT2D eigenvalue weighted by Crippen LogP contribution is 2.16. The van der Waals surface area contributed by atoms with E-state index in [0.29, 0.717) is 6.04 Å². The van der Waals surface area contributed by atoms with Crippen molar-refractivity contribution in [3.05, 3.63) is 0 Å². The van der Waals surface area contributed by atoms with E-state index in [2.05, 4.69) is 17.3 Å². The summed E-state index contributed by atoms with van der Waals surface area (Å²) in [5.74, 6) is 0.276. The van der Waals surface area contributed by atoms with Crippen LogP contribution in [0.2, 0.25) is 0 Å². The maximum Gasteiger partial charge on any atom is 0.239 e. The summed E-state index contributed by atoms with van der Waals surface area (Å²) in [4.78, 5) is 16.4. The summed E-state index contributed by atoms with van der Waals surface area (Å²) in [5.41, 5.74) is 0. The molecule has 0 aromatic carbocycles. The summed E-state index contributed by atoms with van der Waals surface area (Å²) < 4.78 is 0. The van der Waals surface area contributed by atoms with Crippen molar-refractivity contribution in [3.8, 4) is 0 Å². The van der Waals surface area contributed by atoms with Crippen LogP contribution >= 0.6 is 0 Å². The molecule has 4 heteroatoms. The van der Waals surface area contributed by atoms with Crippen LogP contribution in [0.3, 0.4) is 0 Å². The number of carbonyl (C=O) groups is 1. The van der Waals surface area contributed by atoms with Crippen molar-refractivity contribution < 1.29 is 4.79 Å². The molecule has 0 saturated carbocycles. The van der Waals surface area contributed by atoms with Gasteiger partial charge in [-0.2, -0.15) is 0 Å². The second kappa shape index (κ2) is 5.15. The van der Waals surface area contributed by atoms with Crippen LogP contribution in [0.4, 0.5) is 0 Å². The number of likely N-dealkylation sites (tertiary alicyclic amines) is 1. The normalized spacial score (nSPS) is 30.9. The van der Waals surface area contributed by atoms with E-state index in [1.807, 2.05) is 11.9 Å². The van der Waals surface area contributed by atoms with Crippen LogP contribution in [0.15, 0.2) is 0 Å². The van der Waals surface area contributed by atoms with Gasteiger partial charge in [0.2, 0.25) is 5.91 Å². The van der Waals surface area contributed by atoms with Crippen molar-refractivity contribution >= 4 is 5.91 Å². The Morgan fingerprint density at radius 2 is 2.25 bits per heavy atom. The van der Waals surface area contributed by atoms with E-state index in [4.69, 9.17) is 0 Å². The lowest BCUT2D eigenvalue weighted by Gasteiger charge is -2.27. The molecule has 2 aliphatic heterocycles. The second-order valence-corrected chi connectivity index (χ2v) is 5.14. The summed E-state index contributed by atoms with van der Waals surface area (Å²) >= 11 is 0. The first-order chi connectivity index (χ1) is 7.68. The molecule has 2 aliphatic rings. The van der Waals surface area contributed by atoms with Crippen LogP contribution in [0.25, 0.3) is 0 Å². The summed E-state index contributed by atoms with van der Waals surface area (Å²) in [5, 5.41) is 3.27. The van der Waals surface area contributed by atoms with Gasteiger partial charge in [0.1, 0.15) is 0 Å². The van der Waals surface area contributed by atoms with Gasteiger partial charge in [0.15, 0.2) is 0 Å². The Morgan fingerprint density at radius 1 is 1.44 bits per heavy atom. The zero-order valence-electron chi connectivity index (χ0n) is 10.4. The summed E-state index contributed by atoms with van der Waals surface area (Å²) in [6.07, 6.45) is 4.63. The molecule has 16 heavy (non-hydrogen) atoms. The number of hydrogen-bond acceptors (Lipinski definition) is 3. The largest absolute Gasteiger partial charge is 0.343 e. The monoisotopic (exact) mass is 225 g/mol. The smallest absolute Gasteiger partial charge is 0.239 e. The molecule has 1 unspecified atom stereocenters. The first-order valence-electron chi connectivity index (χ1n) is 6.37. The van der Waals surface area contributed by atoms with Crippen LogP contribution < -0.4 is 5.32 Å². The molecule has 0 aromatic rings. The van der Waals surface area contributed by atoms with E-state index in [9.17, 15) is 4.79 Å². The minimum atomic E-state index is 0.0803. The molecule has 1 amide bonds. The molecule has 1 N–H and O–H groups in total. The predicted octanol–water partition coefficient (Wildman–Crippen LogP) is 0.291. The van der Waals surface area contributed by atoms with Crippen LogP contribution in [-0.4, -0.2) is 61.5 Å². The minimum Gasteiger partial charge on any atom is -0.343 e. The van der Waals surface area contributed by atoms with Gasteiger partial charge in [0.25, 0.3) is 0 Å². The molecule has 0 aromatic heterocycles. The van der Waals surface area contributed by atoms with E-state index < -0.39 is 0 Å². The highest BCUT2D eigenvalue weighted by Gasteiger charge is 2.28. The van der Waals surface area contributed by atoms with Crippen LogP contribution in [0.1, 0.15) is 25.7 Å². The summed E-state index contributed by atoms with van der Waals surface area (Å²) in [6, 6.07) is 0.645. The number of carbonyl (C=O) groups excluding carboxylic acids is 1. The average Bonchev–Trinajstić information content (AvgIpc) is 2.89. The molecule has 2 heterocycles. The Hall–Kier alpha value is -0.610. The van der Waals surface area contributed by atoms with E-state index in [0.717, 1.165) is 25.9 Å². The molecule has 0 spiro atoms. The zero-order chi connectivity index (χ0) is 11.5. The van der Waals surface area contributed by atoms with Crippen LogP contribution in [0.5, 0.6) is 0 Å². The van der Waals surface area contributed by atoms with Crippen molar-refractivity contribution in [3.63, 3.8) is 0 Å². The fourth-order valence-electron chi connectivity index (χ4n) is 2.78. The second-order valence-electron chi connectivity index (χ2n) is 5.14. The van der Waals surface area contributed by atoms with Gasteiger partial charge in [-0.05, 0) is 45.8 Å². The van der Waals surface area contributed by atoms with Gasteiger partial charge in [0.05, 0.1) is 6.04 Å². The maximum atomic E-state index is 12.1. The standard InChI is InChI=1S/C12H23N3O/c1-14-8-4-5-10(14)9-15(2)12(16)11-6-3-7-13-11/h10-11,13H,3-9H2,1-2H3/t10?,11-/m1/s1. The molecule has 92 valence electrons. The molecule has 4 nitrogen and oxygen atoms in total. The number of nitrogens with zero attached hydrogens (tertiary/aromatic N) is 2. The highest BCUT2D eigenvalue weighted by molar-refractivity contribution is 5.81. The lowest BCUT2D eigenvalue weighted by Crippen LogP contribution is -2.46. The molecular weight excluding hydrogens is 202 g/mol. The molecule has 2 atom stereocenters. The van der Waals surface area contributed by atoms with Gasteiger partial charge >= 0.3 is 0 Å². The van der Waals surface area contributed by atoms with Crippen LogP contribution in [0, 0.1) is 0 Å². The SMILES string of the molecule is CN(CC1CCCN1C)C(=O)[C@H]1CCCN1. The van der Waals surface area contributed by atoms with Crippen molar-refractivity contribution in [1.82, 2.24) is 15.1 Å². The predicted molar refractivity (Wildman–Crippen MR) is 64.3 cm³/mol. The van der Waals surface area contributed by atoms with Crippen molar-refractivity contribution in [2.45, 2.75) is 37.8 Å². The summed E-state index contributed by atoms with van der Waals surface area (Å²) in [7, 11) is 4.10. The molecular formula is C12H23N3O. The van der Waals surface area contributed by atoms with Gasteiger partial charge < -0.3 is 15.1 Å². The quantitative estimate of drug-likeness (QED) is 0.750. The molecule has 0 aliphatic carbocycles. The van der Waals surface area contributed by atoms with E-state index >= 15 is 0 Å². The lowest BCUT2D eigenvalue weighted by atomic mass is 10.1. The first-order valence-corrected chi connectivity index (χ1v) is 6.37. The fraction of sp³-hybridized carbons (Fsp3) is 0.917. The maximum absolute atomic E-state index is 12.1. The molecule has 0 radical (unpaired) electrons. The molecule has 2 rings (SSSR count). The number of hydrogen-bond donors (Lipinski definition) is 1. The third kappa shape index (κ3) is 2.55. The van der Waals surface area contributed by atoms with Gasteiger partial charge in [-0.1, -0.05) is 0 Å². The first kappa shape index (κ1) is 11.9. The van der Waals surface area contributed by atoms with E-state index in [1.165, 1.54) is 19.4 Å². The fourth-order valence-corrected chi connectivity index (χ4v) is 2.78. The Morgan fingerprint density at radius 3 is 2.81 bits per heavy atom. The number of nitrogens with one attached hydrogen (secondary N) is 1. The minimum absolute atomic E-state index is 0.0803. The zero-order valence-corrected chi connectivity index (χ0v) is 10.4. The van der Waals surface area contributed by atoms with Crippen molar-refractivity contribution in [1.29, 1.82) is 0 Å². The number of likely N-dealkylation sites (N-methyl/N-ethyl adjacent to an activating group) is 2. The molecule has 0 bridgehead atoms. The van der Waals surface area contributed by atoms with Gasteiger partial charge in [-0.3, -0.25) is 4.79 Å². The summed E-state index contributed by atoms with van der Waals surface area (Å²) in [6.45, 7) is 3.05. The Labute approximate surface area is 98.0 Å². The van der Waals surface area contributed by atoms with Crippen molar-refractivity contribution in [2.24, 2.45) is 0 Å². The number of rotatable bonds is 3. The Kier molecular flexibility index (Phi) is 3.82. The van der Waals surface area contributed by atoms with E-state index in [-0.39, 0.29) is 11.9 Å². The van der Waals surface area contributed by atoms with Crippen molar-refractivity contribution in [2.75, 3.05) is 33.7 Å². The number of amides is 1.